The Labute approximate surface area is 122 Å². The number of halogens is 1. The SMILES string of the molecule is CC(C)C.Cc1cc(F)cc(OCC2CCCN2C)c1. The fraction of sp³-hybridized carbons (Fsp3) is 0.647. The van der Waals surface area contributed by atoms with Crippen LogP contribution in [0.1, 0.15) is 39.2 Å². The van der Waals surface area contributed by atoms with Gasteiger partial charge in [0, 0.05) is 12.1 Å². The molecule has 1 atom stereocenters. The minimum Gasteiger partial charge on any atom is -0.492 e. The zero-order valence-corrected chi connectivity index (χ0v) is 13.4. The molecule has 0 amide bonds. The first-order valence-electron chi connectivity index (χ1n) is 7.48. The molecular formula is C17H28FNO. The summed E-state index contributed by atoms with van der Waals surface area (Å²) in [6, 6.07) is 5.30. The van der Waals surface area contributed by atoms with Crippen LogP contribution >= 0.6 is 0 Å². The van der Waals surface area contributed by atoms with Crippen LogP contribution in [0.3, 0.4) is 0 Å². The summed E-state index contributed by atoms with van der Waals surface area (Å²) in [4.78, 5) is 2.30. The van der Waals surface area contributed by atoms with Crippen LogP contribution in [0.4, 0.5) is 4.39 Å². The second kappa shape index (κ2) is 8.25. The summed E-state index contributed by atoms with van der Waals surface area (Å²) in [6.07, 6.45) is 2.40. The van der Waals surface area contributed by atoms with Gasteiger partial charge in [-0.25, -0.2) is 4.39 Å². The Hall–Kier alpha value is -1.09. The molecule has 0 saturated carbocycles. The average molecular weight is 281 g/mol. The van der Waals surface area contributed by atoms with Crippen molar-refractivity contribution in [3.05, 3.63) is 29.6 Å². The highest BCUT2D eigenvalue weighted by Gasteiger charge is 2.21. The minimum atomic E-state index is -0.227. The van der Waals surface area contributed by atoms with E-state index >= 15 is 0 Å². The van der Waals surface area contributed by atoms with Crippen LogP contribution in [0.5, 0.6) is 5.75 Å². The highest BCUT2D eigenvalue weighted by atomic mass is 19.1. The predicted molar refractivity (Wildman–Crippen MR) is 82.8 cm³/mol. The molecule has 1 aliphatic rings. The Balaban J connectivity index is 0.000000444. The number of likely N-dealkylation sites (N-methyl/N-ethyl adjacent to an activating group) is 1. The van der Waals surface area contributed by atoms with Gasteiger partial charge < -0.3 is 9.64 Å². The van der Waals surface area contributed by atoms with Gasteiger partial charge >= 0.3 is 0 Å². The molecule has 0 radical (unpaired) electrons. The largest absolute Gasteiger partial charge is 0.492 e. The highest BCUT2D eigenvalue weighted by molar-refractivity contribution is 5.28. The van der Waals surface area contributed by atoms with E-state index in [0.717, 1.165) is 18.0 Å². The maximum absolute atomic E-state index is 13.1. The van der Waals surface area contributed by atoms with E-state index in [4.69, 9.17) is 4.74 Å². The molecule has 0 aromatic heterocycles. The number of nitrogens with zero attached hydrogens (tertiary/aromatic N) is 1. The monoisotopic (exact) mass is 281 g/mol. The fourth-order valence-corrected chi connectivity index (χ4v) is 2.17. The zero-order valence-electron chi connectivity index (χ0n) is 13.4. The zero-order chi connectivity index (χ0) is 15.1. The Kier molecular flexibility index (Phi) is 7.00. The molecule has 20 heavy (non-hydrogen) atoms. The number of rotatable bonds is 3. The maximum atomic E-state index is 13.1. The van der Waals surface area contributed by atoms with Crippen molar-refractivity contribution < 1.29 is 9.13 Å². The lowest BCUT2D eigenvalue weighted by atomic mass is 10.2. The van der Waals surface area contributed by atoms with E-state index in [0.29, 0.717) is 18.4 Å². The van der Waals surface area contributed by atoms with Gasteiger partial charge in [0.25, 0.3) is 0 Å². The fourth-order valence-electron chi connectivity index (χ4n) is 2.17. The molecule has 2 rings (SSSR count). The van der Waals surface area contributed by atoms with Crippen LogP contribution in [0, 0.1) is 18.7 Å². The first-order valence-corrected chi connectivity index (χ1v) is 7.48. The number of ether oxygens (including phenoxy) is 1. The Morgan fingerprint density at radius 3 is 2.45 bits per heavy atom. The number of likely N-dealkylation sites (tertiary alicyclic amines) is 1. The summed E-state index contributed by atoms with van der Waals surface area (Å²) in [5.74, 6) is 1.24. The molecule has 1 fully saturated rings. The van der Waals surface area contributed by atoms with E-state index in [-0.39, 0.29) is 5.82 Å². The molecule has 1 aromatic rings. The first-order chi connectivity index (χ1) is 9.38. The molecule has 1 aliphatic heterocycles. The van der Waals surface area contributed by atoms with Crippen LogP contribution in [0.15, 0.2) is 18.2 Å². The Morgan fingerprint density at radius 1 is 1.30 bits per heavy atom. The van der Waals surface area contributed by atoms with Gasteiger partial charge in [0.15, 0.2) is 0 Å². The van der Waals surface area contributed by atoms with Crippen LogP contribution in [0.2, 0.25) is 0 Å². The van der Waals surface area contributed by atoms with Crippen LogP contribution in [0.25, 0.3) is 0 Å². The van der Waals surface area contributed by atoms with Gasteiger partial charge in [-0.2, -0.15) is 0 Å². The van der Waals surface area contributed by atoms with E-state index in [1.54, 1.807) is 0 Å². The molecule has 0 bridgehead atoms. The molecule has 0 N–H and O–H groups in total. The third kappa shape index (κ3) is 6.38. The van der Waals surface area contributed by atoms with Crippen molar-refractivity contribution in [2.24, 2.45) is 5.92 Å². The highest BCUT2D eigenvalue weighted by Crippen LogP contribution is 2.19. The van der Waals surface area contributed by atoms with Crippen molar-refractivity contribution >= 4 is 0 Å². The third-order valence-electron chi connectivity index (χ3n) is 3.13. The second-order valence-electron chi connectivity index (χ2n) is 6.28. The van der Waals surface area contributed by atoms with Crippen molar-refractivity contribution in [3.8, 4) is 5.75 Å². The van der Waals surface area contributed by atoms with Gasteiger partial charge in [0.1, 0.15) is 18.2 Å². The number of hydrogen-bond acceptors (Lipinski definition) is 2. The topological polar surface area (TPSA) is 12.5 Å². The lowest BCUT2D eigenvalue weighted by molar-refractivity contribution is 0.197. The maximum Gasteiger partial charge on any atom is 0.127 e. The molecule has 1 heterocycles. The molecule has 0 spiro atoms. The standard InChI is InChI=1S/C13H18FNO.C4H10/c1-10-6-11(14)8-13(7-10)16-9-12-4-3-5-15(12)2;1-4(2)3/h6-8,12H,3-5,9H2,1-2H3;4H,1-3H3. The summed E-state index contributed by atoms with van der Waals surface area (Å²) < 4.78 is 18.8. The van der Waals surface area contributed by atoms with Crippen LogP contribution in [-0.2, 0) is 0 Å². The van der Waals surface area contributed by atoms with Gasteiger partial charge in [-0.15, -0.1) is 0 Å². The summed E-state index contributed by atoms with van der Waals surface area (Å²) in [5.41, 5.74) is 0.898. The number of aryl methyl sites for hydroxylation is 1. The number of hydrogen-bond donors (Lipinski definition) is 0. The van der Waals surface area contributed by atoms with E-state index in [1.807, 2.05) is 13.0 Å². The molecule has 2 nitrogen and oxygen atoms in total. The Bertz CT molecular complexity index is 383. The molecule has 1 saturated heterocycles. The van der Waals surface area contributed by atoms with E-state index in [2.05, 4.69) is 32.7 Å². The van der Waals surface area contributed by atoms with E-state index in [1.165, 1.54) is 25.0 Å². The smallest absolute Gasteiger partial charge is 0.127 e. The molecule has 1 unspecified atom stereocenters. The molecular weight excluding hydrogens is 253 g/mol. The van der Waals surface area contributed by atoms with Crippen molar-refractivity contribution in [1.29, 1.82) is 0 Å². The predicted octanol–water partition coefficient (Wildman–Crippen LogP) is 4.27. The van der Waals surface area contributed by atoms with Gasteiger partial charge in [0.2, 0.25) is 0 Å². The van der Waals surface area contributed by atoms with E-state index in [9.17, 15) is 4.39 Å². The van der Waals surface area contributed by atoms with Gasteiger partial charge in [-0.05, 0) is 57.0 Å². The quantitative estimate of drug-likeness (QED) is 0.820. The van der Waals surface area contributed by atoms with Crippen molar-refractivity contribution in [2.45, 2.75) is 46.6 Å². The Morgan fingerprint density at radius 2 is 1.95 bits per heavy atom. The second-order valence-corrected chi connectivity index (χ2v) is 6.28. The third-order valence-corrected chi connectivity index (χ3v) is 3.13. The molecule has 1 aromatic carbocycles. The minimum absolute atomic E-state index is 0.227. The number of benzene rings is 1. The van der Waals surface area contributed by atoms with Crippen LogP contribution < -0.4 is 4.74 Å². The van der Waals surface area contributed by atoms with Crippen molar-refractivity contribution in [2.75, 3.05) is 20.2 Å². The lowest BCUT2D eigenvalue weighted by Gasteiger charge is -2.19. The van der Waals surface area contributed by atoms with E-state index < -0.39 is 0 Å². The summed E-state index contributed by atoms with van der Waals surface area (Å²) in [5, 5.41) is 0. The first kappa shape index (κ1) is 17.0. The molecule has 114 valence electrons. The van der Waals surface area contributed by atoms with Crippen molar-refractivity contribution in [3.63, 3.8) is 0 Å². The van der Waals surface area contributed by atoms with Gasteiger partial charge in [-0.3, -0.25) is 0 Å². The van der Waals surface area contributed by atoms with Crippen LogP contribution in [-0.4, -0.2) is 31.1 Å². The summed E-state index contributed by atoms with van der Waals surface area (Å²) in [6.45, 7) is 10.2. The molecule has 0 aliphatic carbocycles. The summed E-state index contributed by atoms with van der Waals surface area (Å²) in [7, 11) is 2.11. The normalized spacial score (nSPS) is 18.9. The van der Waals surface area contributed by atoms with Gasteiger partial charge in [0.05, 0.1) is 0 Å². The average Bonchev–Trinajstić information content (AvgIpc) is 2.70. The lowest BCUT2D eigenvalue weighted by Crippen LogP contribution is -2.30. The molecule has 3 heteroatoms. The van der Waals surface area contributed by atoms with Gasteiger partial charge in [-0.1, -0.05) is 20.8 Å². The summed E-state index contributed by atoms with van der Waals surface area (Å²) >= 11 is 0. The van der Waals surface area contributed by atoms with Crippen molar-refractivity contribution in [1.82, 2.24) is 4.90 Å².